The highest BCUT2D eigenvalue weighted by Crippen LogP contribution is 2.31. The number of nitrogens with zero attached hydrogens (tertiary/aromatic N) is 1. The molecule has 4 aromatic rings. The van der Waals surface area contributed by atoms with Crippen molar-refractivity contribution in [2.24, 2.45) is 0 Å². The van der Waals surface area contributed by atoms with Crippen molar-refractivity contribution < 1.29 is 23.4 Å². The summed E-state index contributed by atoms with van der Waals surface area (Å²) in [6.07, 6.45) is 3.55. The van der Waals surface area contributed by atoms with Crippen molar-refractivity contribution in [1.82, 2.24) is 4.98 Å². The fourth-order valence-electron chi connectivity index (χ4n) is 4.40. The molecule has 0 saturated carbocycles. The lowest BCUT2D eigenvalue weighted by Gasteiger charge is -2.26. The molecule has 0 unspecified atom stereocenters. The lowest BCUT2D eigenvalue weighted by Crippen LogP contribution is -2.40. The molecular weight excluding hydrogens is 502 g/mol. The smallest absolute Gasteiger partial charge is 0.349 e. The summed E-state index contributed by atoms with van der Waals surface area (Å²) < 4.78 is 23.5. The highest BCUT2D eigenvalue weighted by atomic mass is 16.6. The van der Waals surface area contributed by atoms with E-state index in [1.54, 1.807) is 20.8 Å². The van der Waals surface area contributed by atoms with Crippen molar-refractivity contribution in [3.05, 3.63) is 89.8 Å². The van der Waals surface area contributed by atoms with Crippen LogP contribution in [0.4, 0.5) is 0 Å². The lowest BCUT2D eigenvalue weighted by molar-refractivity contribution is -0.158. The maximum absolute atomic E-state index is 12.4. The van der Waals surface area contributed by atoms with Crippen LogP contribution in [-0.4, -0.2) is 29.8 Å². The third-order valence-electron chi connectivity index (χ3n) is 6.71. The van der Waals surface area contributed by atoms with E-state index in [9.17, 15) is 4.79 Å². The summed E-state index contributed by atoms with van der Waals surface area (Å²) >= 11 is 0. The second-order valence-corrected chi connectivity index (χ2v) is 10.3. The molecule has 0 bridgehead atoms. The van der Waals surface area contributed by atoms with Gasteiger partial charge < -0.3 is 18.6 Å². The van der Waals surface area contributed by atoms with Crippen LogP contribution in [0.5, 0.6) is 11.5 Å². The number of oxazole rings is 1. The van der Waals surface area contributed by atoms with Crippen LogP contribution in [-0.2, 0) is 22.4 Å². The van der Waals surface area contributed by atoms with E-state index in [4.69, 9.17) is 23.6 Å². The number of rotatable bonds is 13. The Morgan fingerprint density at radius 2 is 1.60 bits per heavy atom. The number of hydrogen-bond acceptors (Lipinski definition) is 6. The van der Waals surface area contributed by atoms with Gasteiger partial charge in [-0.25, -0.2) is 9.78 Å². The van der Waals surface area contributed by atoms with E-state index in [1.165, 1.54) is 5.56 Å². The molecule has 0 radical (unpaired) electrons. The highest BCUT2D eigenvalue weighted by molar-refractivity contribution is 5.79. The molecule has 1 aromatic heterocycles. The van der Waals surface area contributed by atoms with Crippen LogP contribution in [0.15, 0.2) is 77.2 Å². The molecule has 0 fully saturated rings. The fourth-order valence-corrected chi connectivity index (χ4v) is 4.40. The van der Waals surface area contributed by atoms with Crippen LogP contribution in [0.1, 0.15) is 57.6 Å². The highest BCUT2D eigenvalue weighted by Gasteiger charge is 2.32. The van der Waals surface area contributed by atoms with Crippen LogP contribution < -0.4 is 9.47 Å². The van der Waals surface area contributed by atoms with Crippen molar-refractivity contribution in [2.75, 3.05) is 13.2 Å². The van der Waals surface area contributed by atoms with Crippen molar-refractivity contribution in [1.29, 1.82) is 0 Å². The van der Waals surface area contributed by atoms with Gasteiger partial charge in [-0.05, 0) is 75.4 Å². The summed E-state index contributed by atoms with van der Waals surface area (Å²) in [6.45, 7) is 10.0. The quantitative estimate of drug-likeness (QED) is 0.160. The summed E-state index contributed by atoms with van der Waals surface area (Å²) in [5, 5.41) is 0. The minimum Gasteiger partial charge on any atom is -0.493 e. The first-order chi connectivity index (χ1) is 19.3. The number of esters is 1. The summed E-state index contributed by atoms with van der Waals surface area (Å²) in [5.74, 6) is 2.30. The Labute approximate surface area is 237 Å². The molecule has 4 rings (SSSR count). The zero-order valence-electron chi connectivity index (χ0n) is 24.2. The third kappa shape index (κ3) is 7.32. The second kappa shape index (κ2) is 13.3. The molecule has 1 heterocycles. The molecule has 0 spiro atoms. The molecule has 0 amide bonds. The number of aromatic nitrogens is 1. The largest absolute Gasteiger partial charge is 0.493 e. The molecule has 3 aromatic carbocycles. The second-order valence-electron chi connectivity index (χ2n) is 10.3. The Balaban J connectivity index is 1.42. The van der Waals surface area contributed by atoms with E-state index in [2.05, 4.69) is 31.2 Å². The molecule has 0 N–H and O–H groups in total. The van der Waals surface area contributed by atoms with E-state index in [0.29, 0.717) is 37.0 Å². The van der Waals surface area contributed by atoms with Gasteiger partial charge in [0.25, 0.3) is 0 Å². The molecule has 0 saturated heterocycles. The maximum Gasteiger partial charge on any atom is 0.349 e. The minimum absolute atomic E-state index is 0.305. The standard InChI is InChI=1S/C34H39NO5/c1-6-8-12-27-19-20-29(23-31(27)40-34(4,5)33(36)37-7-2)38-22-21-30-24(3)39-32(35-30)28-17-15-26(16-18-28)25-13-10-9-11-14-25/h9-11,13-20,23H,6-8,12,21-22H2,1-5H3. The molecule has 0 aliphatic rings. The fraction of sp³-hybridized carbons (Fsp3) is 0.353. The Bertz CT molecular complexity index is 1390. The van der Waals surface area contributed by atoms with Gasteiger partial charge in [0.2, 0.25) is 5.89 Å². The normalized spacial score (nSPS) is 11.3. The van der Waals surface area contributed by atoms with Crippen LogP contribution >= 0.6 is 0 Å². The van der Waals surface area contributed by atoms with Crippen molar-refractivity contribution in [3.63, 3.8) is 0 Å². The average molecular weight is 542 g/mol. The first-order valence-electron chi connectivity index (χ1n) is 14.0. The number of ether oxygens (including phenoxy) is 3. The number of carbonyl (C=O) groups is 1. The van der Waals surface area contributed by atoms with Gasteiger partial charge in [-0.2, -0.15) is 0 Å². The SMILES string of the molecule is CCCCc1ccc(OCCc2nc(-c3ccc(-c4ccccc4)cc3)oc2C)cc1OC(C)(C)C(=O)OCC. The molecule has 6 nitrogen and oxygen atoms in total. The molecule has 210 valence electrons. The van der Waals surface area contributed by atoms with Crippen LogP contribution in [0.2, 0.25) is 0 Å². The summed E-state index contributed by atoms with van der Waals surface area (Å²) in [7, 11) is 0. The number of unbranched alkanes of at least 4 members (excludes halogenated alkanes) is 1. The molecule has 40 heavy (non-hydrogen) atoms. The lowest BCUT2D eigenvalue weighted by atomic mass is 10.0. The van der Waals surface area contributed by atoms with Gasteiger partial charge in [0.05, 0.1) is 18.9 Å². The first kappa shape index (κ1) is 28.9. The topological polar surface area (TPSA) is 70.8 Å². The van der Waals surface area contributed by atoms with Crippen molar-refractivity contribution >= 4 is 5.97 Å². The van der Waals surface area contributed by atoms with Crippen LogP contribution in [0.3, 0.4) is 0 Å². The number of benzene rings is 3. The van der Waals surface area contributed by atoms with Gasteiger partial charge in [0, 0.05) is 18.1 Å². The molecule has 6 heteroatoms. The molecule has 0 atom stereocenters. The predicted molar refractivity (Wildman–Crippen MR) is 158 cm³/mol. The molecule has 0 aliphatic heterocycles. The van der Waals surface area contributed by atoms with Gasteiger partial charge in [-0.15, -0.1) is 0 Å². The van der Waals surface area contributed by atoms with Crippen molar-refractivity contribution in [3.8, 4) is 34.1 Å². The number of hydrogen-bond donors (Lipinski definition) is 0. The Morgan fingerprint density at radius 3 is 2.30 bits per heavy atom. The van der Waals surface area contributed by atoms with E-state index in [-0.39, 0.29) is 0 Å². The van der Waals surface area contributed by atoms with Crippen molar-refractivity contribution in [2.45, 2.75) is 65.9 Å². The predicted octanol–water partition coefficient (Wildman–Crippen LogP) is 8.00. The molecule has 0 aliphatic carbocycles. The first-order valence-corrected chi connectivity index (χ1v) is 14.0. The zero-order valence-corrected chi connectivity index (χ0v) is 24.2. The van der Waals surface area contributed by atoms with E-state index >= 15 is 0 Å². The van der Waals surface area contributed by atoms with E-state index in [1.807, 2.05) is 55.5 Å². The maximum atomic E-state index is 12.4. The number of carbonyl (C=O) groups excluding carboxylic acids is 1. The van der Waals surface area contributed by atoms with Gasteiger partial charge in [-0.1, -0.05) is 61.9 Å². The Morgan fingerprint density at radius 1 is 0.900 bits per heavy atom. The molecular formula is C34H39NO5. The Kier molecular flexibility index (Phi) is 9.65. The van der Waals surface area contributed by atoms with Gasteiger partial charge in [0.1, 0.15) is 17.3 Å². The van der Waals surface area contributed by atoms with E-state index < -0.39 is 11.6 Å². The average Bonchev–Trinajstić information content (AvgIpc) is 3.33. The Hall–Kier alpha value is -4.06. The summed E-state index contributed by atoms with van der Waals surface area (Å²) in [6, 6.07) is 24.3. The number of aryl methyl sites for hydroxylation is 2. The van der Waals surface area contributed by atoms with Crippen LogP contribution in [0.25, 0.3) is 22.6 Å². The summed E-state index contributed by atoms with van der Waals surface area (Å²) in [5.41, 5.74) is 4.05. The van der Waals surface area contributed by atoms with Crippen LogP contribution in [0, 0.1) is 6.92 Å². The minimum atomic E-state index is -1.11. The summed E-state index contributed by atoms with van der Waals surface area (Å²) in [4.78, 5) is 17.2. The monoisotopic (exact) mass is 541 g/mol. The van der Waals surface area contributed by atoms with Gasteiger partial charge >= 0.3 is 5.97 Å². The van der Waals surface area contributed by atoms with Gasteiger partial charge in [-0.3, -0.25) is 0 Å². The van der Waals surface area contributed by atoms with E-state index in [0.717, 1.165) is 47.4 Å². The zero-order chi connectivity index (χ0) is 28.5. The van der Waals surface area contributed by atoms with Gasteiger partial charge in [0.15, 0.2) is 5.60 Å². The third-order valence-corrected chi connectivity index (χ3v) is 6.71.